The van der Waals surface area contributed by atoms with Crippen LogP contribution in [0.15, 0.2) is 18.5 Å². The van der Waals surface area contributed by atoms with Gasteiger partial charge in [-0.2, -0.15) is 0 Å². The number of nitrogens with one attached hydrogen (secondary N) is 1. The Morgan fingerprint density at radius 2 is 2.21 bits per heavy atom. The maximum absolute atomic E-state index is 5.71. The van der Waals surface area contributed by atoms with Crippen molar-refractivity contribution in [2.75, 3.05) is 12.0 Å². The first kappa shape index (κ1) is 14.0. The number of fused-ring (bicyclic) bond motifs is 1. The van der Waals surface area contributed by atoms with Crippen LogP contribution in [0.2, 0.25) is 25.7 Å². The van der Waals surface area contributed by atoms with E-state index in [4.69, 9.17) is 10.6 Å². The van der Waals surface area contributed by atoms with Crippen molar-refractivity contribution in [3.05, 3.63) is 18.5 Å². The standard InChI is InChI=1S/C12H21N5OSi/c1-19(2,3)7-6-18-9-17-5-4-10-12(17)14-8-11(15-10)16-13/h4-5,8H,6-7,9,13H2,1-3H3,(H,15,16). The molecule has 0 aliphatic heterocycles. The van der Waals surface area contributed by atoms with E-state index in [1.54, 1.807) is 6.20 Å². The number of aromatic nitrogens is 3. The molecule has 0 fully saturated rings. The molecular weight excluding hydrogens is 258 g/mol. The van der Waals surface area contributed by atoms with E-state index in [0.717, 1.165) is 17.8 Å². The van der Waals surface area contributed by atoms with Gasteiger partial charge in [0.05, 0.1) is 6.20 Å². The van der Waals surface area contributed by atoms with Crippen molar-refractivity contribution in [3.63, 3.8) is 0 Å². The van der Waals surface area contributed by atoms with Gasteiger partial charge in [0.1, 0.15) is 12.2 Å². The first-order valence-corrected chi connectivity index (χ1v) is 10.1. The second-order valence-electron chi connectivity index (χ2n) is 5.74. The van der Waals surface area contributed by atoms with E-state index in [-0.39, 0.29) is 0 Å². The van der Waals surface area contributed by atoms with Crippen LogP contribution < -0.4 is 11.3 Å². The first-order valence-electron chi connectivity index (χ1n) is 6.36. The van der Waals surface area contributed by atoms with Gasteiger partial charge in [0.2, 0.25) is 0 Å². The number of nitrogens with two attached hydrogens (primary N) is 1. The zero-order chi connectivity index (χ0) is 13.9. The highest BCUT2D eigenvalue weighted by molar-refractivity contribution is 6.76. The van der Waals surface area contributed by atoms with Gasteiger partial charge in [0.25, 0.3) is 0 Å². The molecule has 0 aromatic carbocycles. The van der Waals surface area contributed by atoms with E-state index >= 15 is 0 Å². The molecule has 2 aromatic rings. The third-order valence-electron chi connectivity index (χ3n) is 2.84. The summed E-state index contributed by atoms with van der Waals surface area (Å²) >= 11 is 0. The topological polar surface area (TPSA) is 78.0 Å². The van der Waals surface area contributed by atoms with Crippen LogP contribution in [-0.2, 0) is 11.5 Å². The summed E-state index contributed by atoms with van der Waals surface area (Å²) in [5.41, 5.74) is 4.11. The molecule has 0 saturated heterocycles. The summed E-state index contributed by atoms with van der Waals surface area (Å²) in [5, 5.41) is 0. The molecule has 0 radical (unpaired) electrons. The van der Waals surface area contributed by atoms with Gasteiger partial charge in [0, 0.05) is 20.9 Å². The number of hydrogen-bond acceptors (Lipinski definition) is 5. The van der Waals surface area contributed by atoms with E-state index in [0.29, 0.717) is 12.5 Å². The number of hydrazine groups is 1. The van der Waals surface area contributed by atoms with Crippen LogP contribution >= 0.6 is 0 Å². The summed E-state index contributed by atoms with van der Waals surface area (Å²) in [6.45, 7) is 8.33. The fourth-order valence-electron chi connectivity index (χ4n) is 1.68. The Hall–Kier alpha value is -1.44. The number of ether oxygens (including phenoxy) is 1. The monoisotopic (exact) mass is 279 g/mol. The zero-order valence-electron chi connectivity index (χ0n) is 11.7. The number of nitrogens with zero attached hydrogens (tertiary/aromatic N) is 3. The maximum atomic E-state index is 5.71. The molecule has 0 bridgehead atoms. The number of rotatable bonds is 6. The molecule has 0 unspecified atom stereocenters. The van der Waals surface area contributed by atoms with Gasteiger partial charge in [-0.15, -0.1) is 0 Å². The molecule has 6 nitrogen and oxygen atoms in total. The minimum absolute atomic E-state index is 0.512. The Bertz CT molecular complexity index is 549. The van der Waals surface area contributed by atoms with E-state index in [1.165, 1.54) is 6.04 Å². The molecule has 0 saturated carbocycles. The molecule has 0 spiro atoms. The SMILES string of the molecule is C[Si](C)(C)CCOCn1ccc2nc(NN)cnc21. The van der Waals surface area contributed by atoms with Gasteiger partial charge >= 0.3 is 0 Å². The third-order valence-corrected chi connectivity index (χ3v) is 4.54. The highest BCUT2D eigenvalue weighted by Gasteiger charge is 2.12. The van der Waals surface area contributed by atoms with Crippen LogP contribution in [0.25, 0.3) is 11.2 Å². The summed E-state index contributed by atoms with van der Waals surface area (Å²) in [6, 6.07) is 3.07. The average molecular weight is 279 g/mol. The first-order chi connectivity index (χ1) is 8.99. The molecule has 2 rings (SSSR count). The van der Waals surface area contributed by atoms with E-state index in [9.17, 15) is 0 Å². The molecule has 0 atom stereocenters. The molecule has 0 aliphatic carbocycles. The van der Waals surface area contributed by atoms with Crippen molar-refractivity contribution >= 4 is 25.1 Å². The lowest BCUT2D eigenvalue weighted by molar-refractivity contribution is 0.0899. The minimum atomic E-state index is -1.03. The van der Waals surface area contributed by atoms with Crippen LogP contribution in [0.1, 0.15) is 0 Å². The second kappa shape index (κ2) is 5.68. The van der Waals surface area contributed by atoms with Crippen molar-refractivity contribution in [3.8, 4) is 0 Å². The predicted octanol–water partition coefficient (Wildman–Crippen LogP) is 2.03. The Labute approximate surface area is 114 Å². The maximum Gasteiger partial charge on any atom is 0.160 e. The van der Waals surface area contributed by atoms with Crippen LogP contribution in [-0.4, -0.2) is 29.2 Å². The van der Waals surface area contributed by atoms with Crippen LogP contribution in [0.3, 0.4) is 0 Å². The summed E-state index contributed by atoms with van der Waals surface area (Å²) in [4.78, 5) is 8.64. The van der Waals surface area contributed by atoms with Crippen molar-refractivity contribution in [1.29, 1.82) is 0 Å². The lowest BCUT2D eigenvalue weighted by atomic mass is 10.5. The quantitative estimate of drug-likeness (QED) is 0.366. The molecule has 19 heavy (non-hydrogen) atoms. The smallest absolute Gasteiger partial charge is 0.160 e. The van der Waals surface area contributed by atoms with Crippen molar-refractivity contribution < 1.29 is 4.74 Å². The Balaban J connectivity index is 1.98. The molecule has 2 heterocycles. The van der Waals surface area contributed by atoms with Crippen LogP contribution in [0.4, 0.5) is 5.82 Å². The lowest BCUT2D eigenvalue weighted by Gasteiger charge is -2.15. The predicted molar refractivity (Wildman–Crippen MR) is 79.4 cm³/mol. The summed E-state index contributed by atoms with van der Waals surface area (Å²) in [6.07, 6.45) is 3.54. The fraction of sp³-hybridized carbons (Fsp3) is 0.500. The Morgan fingerprint density at radius 1 is 1.42 bits per heavy atom. The molecule has 3 N–H and O–H groups in total. The second-order valence-corrected chi connectivity index (χ2v) is 11.4. The van der Waals surface area contributed by atoms with Crippen molar-refractivity contribution in [1.82, 2.24) is 14.5 Å². The number of nitrogen functional groups attached to an aromatic ring is 1. The molecular formula is C12H21N5OSi. The molecule has 2 aromatic heterocycles. The minimum Gasteiger partial charge on any atom is -0.361 e. The highest BCUT2D eigenvalue weighted by Crippen LogP contribution is 2.14. The Kier molecular flexibility index (Phi) is 4.18. The van der Waals surface area contributed by atoms with E-state index in [2.05, 4.69) is 35.0 Å². The molecule has 104 valence electrons. The van der Waals surface area contributed by atoms with Gasteiger partial charge in [-0.3, -0.25) is 0 Å². The summed E-state index contributed by atoms with van der Waals surface area (Å²) in [5.74, 6) is 5.87. The summed E-state index contributed by atoms with van der Waals surface area (Å²) < 4.78 is 7.66. The number of hydrogen-bond donors (Lipinski definition) is 2. The van der Waals surface area contributed by atoms with E-state index < -0.39 is 8.07 Å². The molecule has 7 heteroatoms. The van der Waals surface area contributed by atoms with Gasteiger partial charge in [-0.1, -0.05) is 19.6 Å². The van der Waals surface area contributed by atoms with Crippen molar-refractivity contribution in [2.24, 2.45) is 5.84 Å². The van der Waals surface area contributed by atoms with E-state index in [1.807, 2.05) is 16.8 Å². The van der Waals surface area contributed by atoms with Gasteiger partial charge in [-0.05, 0) is 12.1 Å². The lowest BCUT2D eigenvalue weighted by Crippen LogP contribution is -2.22. The largest absolute Gasteiger partial charge is 0.361 e. The Morgan fingerprint density at radius 3 is 2.89 bits per heavy atom. The summed E-state index contributed by atoms with van der Waals surface area (Å²) in [7, 11) is -1.03. The zero-order valence-corrected chi connectivity index (χ0v) is 12.7. The average Bonchev–Trinajstić information content (AvgIpc) is 2.75. The highest BCUT2D eigenvalue weighted by atomic mass is 28.3. The third kappa shape index (κ3) is 3.76. The van der Waals surface area contributed by atoms with Crippen molar-refractivity contribution in [2.45, 2.75) is 32.4 Å². The molecule has 0 amide bonds. The number of anilines is 1. The molecule has 0 aliphatic rings. The van der Waals surface area contributed by atoms with Gasteiger partial charge in [0.15, 0.2) is 11.5 Å². The normalized spacial score (nSPS) is 12.0. The fourth-order valence-corrected chi connectivity index (χ4v) is 2.43. The van der Waals surface area contributed by atoms with Crippen LogP contribution in [0, 0.1) is 0 Å². The van der Waals surface area contributed by atoms with Crippen LogP contribution in [0.5, 0.6) is 0 Å². The van der Waals surface area contributed by atoms with Gasteiger partial charge in [-0.25, -0.2) is 15.8 Å². The van der Waals surface area contributed by atoms with Gasteiger partial charge < -0.3 is 14.7 Å².